The molecule has 0 saturated carbocycles. The number of anilines is 2. The van der Waals surface area contributed by atoms with Crippen molar-refractivity contribution in [2.45, 2.75) is 38.0 Å². The second-order valence-corrected chi connectivity index (χ2v) is 11.4. The van der Waals surface area contributed by atoms with E-state index in [-0.39, 0.29) is 63.9 Å². The fourth-order valence-corrected chi connectivity index (χ4v) is 6.17. The SMILES string of the molecule is C=C(F)C(=O)N1CCN(c2nc(OC[C@]3(COC)CCOC3)nc3c2CCN(c2cccc(F)c2C(F)(F)F)C3)C[C@@H]1CC#N. The van der Waals surface area contributed by atoms with Crippen LogP contribution in [-0.4, -0.2) is 86.5 Å². The molecular formula is C30H33F5N6O4. The molecule has 0 bridgehead atoms. The summed E-state index contributed by atoms with van der Waals surface area (Å²) in [5.41, 5.74) is -1.04. The summed E-state index contributed by atoms with van der Waals surface area (Å²) in [6.45, 7) is 5.04. The maximum absolute atomic E-state index is 14.5. The van der Waals surface area contributed by atoms with Gasteiger partial charge in [0.2, 0.25) is 0 Å². The predicted molar refractivity (Wildman–Crippen MR) is 152 cm³/mol. The van der Waals surface area contributed by atoms with Crippen molar-refractivity contribution in [3.63, 3.8) is 0 Å². The normalized spacial score (nSPS) is 21.8. The van der Waals surface area contributed by atoms with Gasteiger partial charge in [-0.15, -0.1) is 0 Å². The Morgan fingerprint density at radius 3 is 2.69 bits per heavy atom. The van der Waals surface area contributed by atoms with Gasteiger partial charge in [0.25, 0.3) is 5.91 Å². The second-order valence-electron chi connectivity index (χ2n) is 11.4. The van der Waals surface area contributed by atoms with Crippen molar-refractivity contribution in [3.8, 4) is 12.1 Å². The number of alkyl halides is 3. The van der Waals surface area contributed by atoms with Gasteiger partial charge in [0.1, 0.15) is 23.8 Å². The number of benzene rings is 1. The minimum Gasteiger partial charge on any atom is -0.463 e. The van der Waals surface area contributed by atoms with E-state index in [9.17, 15) is 32.0 Å². The Morgan fingerprint density at radius 1 is 1.22 bits per heavy atom. The van der Waals surface area contributed by atoms with Crippen LogP contribution >= 0.6 is 0 Å². The Labute approximate surface area is 257 Å². The average Bonchev–Trinajstić information content (AvgIpc) is 3.47. The van der Waals surface area contributed by atoms with Gasteiger partial charge in [-0.05, 0) is 25.0 Å². The van der Waals surface area contributed by atoms with Gasteiger partial charge >= 0.3 is 12.2 Å². The number of aromatic nitrogens is 2. The Morgan fingerprint density at radius 2 is 2.02 bits per heavy atom. The van der Waals surface area contributed by atoms with Crippen LogP contribution in [0.2, 0.25) is 0 Å². The number of carbonyl (C=O) groups excluding carboxylic acids is 1. The minimum absolute atomic E-state index is 0.0178. The molecule has 2 atom stereocenters. The van der Waals surface area contributed by atoms with Crippen molar-refractivity contribution in [3.05, 3.63) is 53.2 Å². The molecule has 2 aromatic rings. The van der Waals surface area contributed by atoms with Crippen LogP contribution in [0.1, 0.15) is 29.7 Å². The topological polar surface area (TPSA) is 104 Å². The molecule has 2 fully saturated rings. The molecule has 0 radical (unpaired) electrons. The van der Waals surface area contributed by atoms with Crippen molar-refractivity contribution in [1.29, 1.82) is 5.26 Å². The number of amides is 1. The van der Waals surface area contributed by atoms with E-state index in [4.69, 9.17) is 19.2 Å². The largest absolute Gasteiger partial charge is 0.463 e. The molecule has 5 rings (SSSR count). The Kier molecular flexibility index (Phi) is 9.45. The van der Waals surface area contributed by atoms with Crippen molar-refractivity contribution in [2.24, 2.45) is 5.41 Å². The first-order valence-corrected chi connectivity index (χ1v) is 14.4. The summed E-state index contributed by atoms with van der Waals surface area (Å²) >= 11 is 0. The lowest BCUT2D eigenvalue weighted by atomic mass is 9.89. The van der Waals surface area contributed by atoms with Crippen LogP contribution in [-0.2, 0) is 33.4 Å². The second kappa shape index (κ2) is 13.1. The third kappa shape index (κ3) is 6.81. The predicted octanol–water partition coefficient (Wildman–Crippen LogP) is 4.04. The van der Waals surface area contributed by atoms with Gasteiger partial charge in [-0.25, -0.2) is 8.78 Å². The number of hydrogen-bond donors (Lipinski definition) is 0. The molecule has 0 spiro atoms. The highest BCUT2D eigenvalue weighted by Gasteiger charge is 2.41. The molecule has 0 aliphatic carbocycles. The van der Waals surface area contributed by atoms with Crippen LogP contribution in [0.25, 0.3) is 0 Å². The number of hydrogen-bond acceptors (Lipinski definition) is 9. The number of fused-ring (bicyclic) bond motifs is 1. The van der Waals surface area contributed by atoms with Crippen molar-refractivity contribution in [1.82, 2.24) is 14.9 Å². The van der Waals surface area contributed by atoms with E-state index in [1.54, 1.807) is 7.11 Å². The number of halogens is 5. The van der Waals surface area contributed by atoms with Gasteiger partial charge in [-0.1, -0.05) is 12.6 Å². The molecule has 10 nitrogen and oxygen atoms in total. The van der Waals surface area contributed by atoms with E-state index in [2.05, 4.69) is 11.6 Å². The first-order chi connectivity index (χ1) is 21.5. The summed E-state index contributed by atoms with van der Waals surface area (Å²) < 4.78 is 87.0. The molecule has 3 aliphatic heterocycles. The van der Waals surface area contributed by atoms with E-state index in [0.29, 0.717) is 43.3 Å². The summed E-state index contributed by atoms with van der Waals surface area (Å²) in [7, 11) is 1.57. The number of carbonyl (C=O) groups is 1. The zero-order valence-corrected chi connectivity index (χ0v) is 24.7. The van der Waals surface area contributed by atoms with Gasteiger partial charge in [0.05, 0.1) is 55.1 Å². The highest BCUT2D eigenvalue weighted by Crippen LogP contribution is 2.41. The van der Waals surface area contributed by atoms with Gasteiger partial charge in [0, 0.05) is 45.5 Å². The maximum Gasteiger partial charge on any atom is 0.421 e. The van der Waals surface area contributed by atoms with Crippen LogP contribution in [0.4, 0.5) is 33.5 Å². The summed E-state index contributed by atoms with van der Waals surface area (Å²) in [6.07, 6.45) is -4.08. The van der Waals surface area contributed by atoms with E-state index in [0.717, 1.165) is 6.07 Å². The van der Waals surface area contributed by atoms with Crippen molar-refractivity contribution in [2.75, 3.05) is 69.5 Å². The molecule has 0 N–H and O–H groups in total. The van der Waals surface area contributed by atoms with Gasteiger partial charge in [0.15, 0.2) is 5.83 Å². The number of ether oxygens (including phenoxy) is 3. The lowest BCUT2D eigenvalue weighted by Crippen LogP contribution is -2.55. The summed E-state index contributed by atoms with van der Waals surface area (Å²) in [6, 6.07) is 4.59. The van der Waals surface area contributed by atoms with Crippen LogP contribution < -0.4 is 14.5 Å². The van der Waals surface area contributed by atoms with Crippen LogP contribution in [0.5, 0.6) is 6.01 Å². The molecule has 242 valence electrons. The number of rotatable bonds is 9. The molecule has 15 heteroatoms. The minimum atomic E-state index is -4.91. The quantitative estimate of drug-likeness (QED) is 0.298. The molecular weight excluding hydrogens is 603 g/mol. The highest BCUT2D eigenvalue weighted by molar-refractivity contribution is 5.91. The fraction of sp³-hybridized carbons (Fsp3) is 0.533. The number of nitriles is 1. The highest BCUT2D eigenvalue weighted by atomic mass is 19.4. The zero-order valence-electron chi connectivity index (χ0n) is 24.7. The van der Waals surface area contributed by atoms with Gasteiger partial charge in [-0.2, -0.15) is 28.4 Å². The smallest absolute Gasteiger partial charge is 0.421 e. The third-order valence-electron chi connectivity index (χ3n) is 8.38. The lowest BCUT2D eigenvalue weighted by molar-refractivity contribution is -0.139. The first-order valence-electron chi connectivity index (χ1n) is 14.4. The van der Waals surface area contributed by atoms with E-state index >= 15 is 0 Å². The van der Waals surface area contributed by atoms with E-state index in [1.807, 2.05) is 11.0 Å². The van der Waals surface area contributed by atoms with Gasteiger partial charge < -0.3 is 28.9 Å². The van der Waals surface area contributed by atoms with Crippen LogP contribution in [0, 0.1) is 22.6 Å². The van der Waals surface area contributed by atoms with Crippen LogP contribution in [0.15, 0.2) is 30.6 Å². The van der Waals surface area contributed by atoms with Gasteiger partial charge in [-0.3, -0.25) is 4.79 Å². The van der Waals surface area contributed by atoms with Crippen molar-refractivity contribution < 1.29 is 41.0 Å². The van der Waals surface area contributed by atoms with E-state index < -0.39 is 40.7 Å². The van der Waals surface area contributed by atoms with Crippen LogP contribution in [0.3, 0.4) is 0 Å². The lowest BCUT2D eigenvalue weighted by Gasteiger charge is -2.42. The molecule has 3 aliphatic rings. The number of methoxy groups -OCH3 is 1. The zero-order chi connectivity index (χ0) is 32.4. The Balaban J connectivity index is 1.50. The third-order valence-corrected chi connectivity index (χ3v) is 8.38. The van der Waals surface area contributed by atoms with E-state index in [1.165, 1.54) is 21.9 Å². The van der Waals surface area contributed by atoms with Crippen molar-refractivity contribution >= 4 is 17.4 Å². The number of nitrogens with zero attached hydrogens (tertiary/aromatic N) is 6. The summed E-state index contributed by atoms with van der Waals surface area (Å²) in [5, 5.41) is 9.43. The maximum atomic E-state index is 14.5. The molecule has 0 unspecified atom stereocenters. The first kappa shape index (κ1) is 32.4. The molecule has 2 saturated heterocycles. The molecule has 4 heterocycles. The molecule has 1 amide bonds. The Hall–Kier alpha value is -4.03. The monoisotopic (exact) mass is 636 g/mol. The molecule has 1 aromatic carbocycles. The molecule has 45 heavy (non-hydrogen) atoms. The fourth-order valence-electron chi connectivity index (χ4n) is 6.17. The Bertz CT molecular complexity index is 1480. The summed E-state index contributed by atoms with van der Waals surface area (Å²) in [5.74, 6) is -2.94. The standard InChI is InChI=1S/C30H33F5N6O4/c1-19(31)27(42)41-12-11-40(14-20(41)6-9-36)26-21-7-10-39(24-5-3-4-22(32)25(24)30(33,34)35)15-23(21)37-28(38-26)45-18-29(16-43-2)8-13-44-17-29/h3-5,20H,1,6-8,10-18H2,2H3/t20-,29-/m0/s1. The average molecular weight is 637 g/mol. The number of piperazine rings is 1. The molecule has 1 aromatic heterocycles. The summed E-state index contributed by atoms with van der Waals surface area (Å²) in [4.78, 5) is 26.3.